The van der Waals surface area contributed by atoms with Gasteiger partial charge in [0.25, 0.3) is 0 Å². The highest BCUT2D eigenvalue weighted by atomic mass is 16.3. The highest BCUT2D eigenvalue weighted by Crippen LogP contribution is 2.39. The molecule has 0 saturated heterocycles. The molecule has 0 aliphatic rings. The third kappa shape index (κ3) is 5.34. The van der Waals surface area contributed by atoms with Crippen molar-refractivity contribution in [3.05, 3.63) is 188 Å². The molecular formula is C51H31N3O. The molecule has 2 heterocycles. The Labute approximate surface area is 317 Å². The molecule has 0 radical (unpaired) electrons. The van der Waals surface area contributed by atoms with E-state index in [9.17, 15) is 0 Å². The molecule has 4 heteroatoms. The summed E-state index contributed by atoms with van der Waals surface area (Å²) in [7, 11) is 0. The molecule has 0 atom stereocenters. The van der Waals surface area contributed by atoms with E-state index in [4.69, 9.17) is 19.4 Å². The lowest BCUT2D eigenvalue weighted by molar-refractivity contribution is 0.669. The van der Waals surface area contributed by atoms with Crippen LogP contribution in [0.2, 0.25) is 0 Å². The van der Waals surface area contributed by atoms with Crippen molar-refractivity contribution < 1.29 is 4.42 Å². The molecule has 55 heavy (non-hydrogen) atoms. The molecule has 0 aliphatic heterocycles. The molecule has 0 spiro atoms. The first-order valence-electron chi connectivity index (χ1n) is 18.5. The fourth-order valence-corrected chi connectivity index (χ4v) is 7.97. The van der Waals surface area contributed by atoms with Crippen molar-refractivity contribution in [1.82, 2.24) is 15.0 Å². The molecule has 11 rings (SSSR count). The highest BCUT2D eigenvalue weighted by molar-refractivity contribution is 6.25. The lowest BCUT2D eigenvalue weighted by Gasteiger charge is -2.12. The fourth-order valence-electron chi connectivity index (χ4n) is 7.97. The fraction of sp³-hybridized carbons (Fsp3) is 0. The maximum Gasteiger partial charge on any atom is 0.164 e. The van der Waals surface area contributed by atoms with Gasteiger partial charge in [0.15, 0.2) is 17.5 Å². The molecular weight excluding hydrogens is 671 g/mol. The Balaban J connectivity index is 0.942. The monoisotopic (exact) mass is 701 g/mol. The first-order valence-corrected chi connectivity index (χ1v) is 18.5. The van der Waals surface area contributed by atoms with Crippen LogP contribution in [0.1, 0.15) is 0 Å². The summed E-state index contributed by atoms with van der Waals surface area (Å²) in [6, 6.07) is 65.8. The Morgan fingerprint density at radius 1 is 0.236 bits per heavy atom. The summed E-state index contributed by atoms with van der Waals surface area (Å²) in [5.41, 5.74) is 9.03. The molecule has 0 amide bonds. The molecule has 9 aromatic carbocycles. The van der Waals surface area contributed by atoms with Crippen LogP contribution in [0.3, 0.4) is 0 Å². The van der Waals surface area contributed by atoms with E-state index in [1.807, 2.05) is 60.7 Å². The van der Waals surface area contributed by atoms with Gasteiger partial charge in [-0.1, -0.05) is 158 Å². The van der Waals surface area contributed by atoms with E-state index in [0.717, 1.165) is 55.3 Å². The van der Waals surface area contributed by atoms with Crippen LogP contribution < -0.4 is 0 Å². The summed E-state index contributed by atoms with van der Waals surface area (Å²) in [5.74, 6) is 1.93. The van der Waals surface area contributed by atoms with Gasteiger partial charge in [-0.3, -0.25) is 0 Å². The van der Waals surface area contributed by atoms with Gasteiger partial charge in [-0.2, -0.15) is 0 Å². The lowest BCUT2D eigenvalue weighted by Crippen LogP contribution is -2.00. The van der Waals surface area contributed by atoms with Gasteiger partial charge in [-0.15, -0.1) is 0 Å². The molecule has 256 valence electrons. The van der Waals surface area contributed by atoms with Crippen molar-refractivity contribution in [2.24, 2.45) is 0 Å². The van der Waals surface area contributed by atoms with E-state index in [1.54, 1.807) is 0 Å². The largest absolute Gasteiger partial charge is 0.456 e. The molecule has 2 aromatic heterocycles. The SMILES string of the molecule is c1ccc(-c2nc(-c3ccccc3)nc(-c3ccc(-c4ccc5c(c4)oc4cc(-c6ccc7c8ccccc8c8ccccc8c7c6)ccc45)cc3)n2)cc1. The number of fused-ring (bicyclic) bond motifs is 9. The summed E-state index contributed by atoms with van der Waals surface area (Å²) in [4.78, 5) is 14.6. The number of aromatic nitrogens is 3. The number of benzene rings is 9. The number of hydrogen-bond acceptors (Lipinski definition) is 4. The third-order valence-corrected chi connectivity index (χ3v) is 10.7. The molecule has 11 aromatic rings. The topological polar surface area (TPSA) is 51.8 Å². The first-order chi connectivity index (χ1) is 27.2. The summed E-state index contributed by atoms with van der Waals surface area (Å²) in [5, 5.41) is 9.85. The van der Waals surface area contributed by atoms with Crippen molar-refractivity contribution in [3.63, 3.8) is 0 Å². The van der Waals surface area contributed by atoms with Gasteiger partial charge in [0.1, 0.15) is 11.2 Å². The minimum absolute atomic E-state index is 0.635. The Kier molecular flexibility index (Phi) is 7.14. The minimum atomic E-state index is 0.635. The Hall–Kier alpha value is -7.43. The predicted octanol–water partition coefficient (Wildman–Crippen LogP) is 13.6. The van der Waals surface area contributed by atoms with Crippen LogP contribution in [0, 0.1) is 0 Å². The van der Waals surface area contributed by atoms with E-state index >= 15 is 0 Å². The Bertz CT molecular complexity index is 3150. The van der Waals surface area contributed by atoms with E-state index in [-0.39, 0.29) is 0 Å². The van der Waals surface area contributed by atoms with Gasteiger partial charge in [-0.05, 0) is 84.9 Å². The van der Waals surface area contributed by atoms with E-state index in [0.29, 0.717) is 17.5 Å². The van der Waals surface area contributed by atoms with E-state index in [2.05, 4.69) is 127 Å². The molecule has 0 unspecified atom stereocenters. The van der Waals surface area contributed by atoms with Crippen molar-refractivity contribution in [3.8, 4) is 56.4 Å². The molecule has 0 saturated carbocycles. The molecule has 0 bridgehead atoms. The average Bonchev–Trinajstić information content (AvgIpc) is 3.64. The average molecular weight is 702 g/mol. The van der Waals surface area contributed by atoms with Crippen LogP contribution in [0.25, 0.3) is 111 Å². The molecule has 0 aliphatic carbocycles. The van der Waals surface area contributed by atoms with Crippen LogP contribution in [-0.4, -0.2) is 15.0 Å². The summed E-state index contributed by atoms with van der Waals surface area (Å²) < 4.78 is 6.57. The summed E-state index contributed by atoms with van der Waals surface area (Å²) in [6.45, 7) is 0. The minimum Gasteiger partial charge on any atom is -0.456 e. The van der Waals surface area contributed by atoms with Gasteiger partial charge < -0.3 is 4.42 Å². The zero-order chi connectivity index (χ0) is 36.3. The van der Waals surface area contributed by atoms with Crippen molar-refractivity contribution >= 4 is 54.3 Å². The first kappa shape index (κ1) is 31.1. The normalized spacial score (nSPS) is 11.6. The Morgan fingerprint density at radius 3 is 1.05 bits per heavy atom. The molecule has 0 N–H and O–H groups in total. The lowest BCUT2D eigenvalue weighted by atomic mass is 9.92. The number of nitrogens with zero attached hydrogens (tertiary/aromatic N) is 3. The summed E-state index contributed by atoms with van der Waals surface area (Å²) in [6.07, 6.45) is 0. The standard InChI is InChI=1S/C51H31N3O/c1-3-11-33(12-4-1)49-52-50(34-13-5-2-6-14-34)54-51(53-49)35-21-19-32(20-22-35)37-24-27-44-45-28-25-38(31-48(45)55-47(44)30-37)36-23-26-43-41-17-8-7-15-39(41)40-16-9-10-18-42(40)46(43)29-36/h1-31H. The summed E-state index contributed by atoms with van der Waals surface area (Å²) >= 11 is 0. The van der Waals surface area contributed by atoms with Gasteiger partial charge in [0.2, 0.25) is 0 Å². The predicted molar refractivity (Wildman–Crippen MR) is 227 cm³/mol. The van der Waals surface area contributed by atoms with Crippen LogP contribution in [0.15, 0.2) is 192 Å². The quantitative estimate of drug-likeness (QED) is 0.168. The van der Waals surface area contributed by atoms with Crippen LogP contribution in [0.4, 0.5) is 0 Å². The number of hydrogen-bond donors (Lipinski definition) is 0. The van der Waals surface area contributed by atoms with Gasteiger partial charge in [0.05, 0.1) is 0 Å². The van der Waals surface area contributed by atoms with Gasteiger partial charge >= 0.3 is 0 Å². The second-order valence-electron chi connectivity index (χ2n) is 14.0. The highest BCUT2D eigenvalue weighted by Gasteiger charge is 2.15. The zero-order valence-electron chi connectivity index (χ0n) is 29.6. The number of furan rings is 1. The smallest absolute Gasteiger partial charge is 0.164 e. The second kappa shape index (κ2) is 12.6. The van der Waals surface area contributed by atoms with Crippen LogP contribution in [0.5, 0.6) is 0 Å². The second-order valence-corrected chi connectivity index (χ2v) is 14.0. The zero-order valence-corrected chi connectivity index (χ0v) is 29.6. The van der Waals surface area contributed by atoms with Crippen molar-refractivity contribution in [1.29, 1.82) is 0 Å². The maximum absolute atomic E-state index is 6.57. The Morgan fingerprint density at radius 2 is 0.564 bits per heavy atom. The van der Waals surface area contributed by atoms with E-state index < -0.39 is 0 Å². The van der Waals surface area contributed by atoms with Crippen molar-refractivity contribution in [2.45, 2.75) is 0 Å². The van der Waals surface area contributed by atoms with Gasteiger partial charge in [-0.25, -0.2) is 15.0 Å². The molecule has 0 fully saturated rings. The van der Waals surface area contributed by atoms with Crippen LogP contribution >= 0.6 is 0 Å². The van der Waals surface area contributed by atoms with Crippen molar-refractivity contribution in [2.75, 3.05) is 0 Å². The maximum atomic E-state index is 6.57. The van der Waals surface area contributed by atoms with Gasteiger partial charge in [0, 0.05) is 27.5 Å². The molecule has 4 nitrogen and oxygen atoms in total. The third-order valence-electron chi connectivity index (χ3n) is 10.7. The number of rotatable bonds is 5. The van der Waals surface area contributed by atoms with E-state index in [1.165, 1.54) is 37.9 Å². The van der Waals surface area contributed by atoms with Crippen LogP contribution in [-0.2, 0) is 0 Å².